The molecule has 0 bridgehead atoms. The van der Waals surface area contributed by atoms with Crippen molar-refractivity contribution in [3.8, 4) is 0 Å². The first-order chi connectivity index (χ1) is 7.83. The summed E-state index contributed by atoms with van der Waals surface area (Å²) in [5, 5.41) is 6.36. The Hall–Kier alpha value is -0.900. The second kappa shape index (κ2) is 8.28. The smallest absolute Gasteiger partial charge is 0.0202 e. The molecule has 1 aromatic carbocycles. The third kappa shape index (κ3) is 5.85. The maximum atomic E-state index is 3.27. The summed E-state index contributed by atoms with van der Waals surface area (Å²) in [5.74, 6) is 0. The monoisotopic (exact) mass is 221 g/mol. The molecule has 0 atom stereocenters. The van der Waals surface area contributed by atoms with E-state index in [9.17, 15) is 0 Å². The van der Waals surface area contributed by atoms with Crippen molar-refractivity contribution >= 4 is 0 Å². The van der Waals surface area contributed by atoms with Gasteiger partial charge in [-0.1, -0.05) is 30.3 Å². The molecule has 0 spiro atoms. The van der Waals surface area contributed by atoms with Crippen LogP contribution < -0.4 is 10.6 Å². The van der Waals surface area contributed by atoms with Gasteiger partial charge in [0.1, 0.15) is 0 Å². The van der Waals surface area contributed by atoms with E-state index in [2.05, 4.69) is 34.7 Å². The summed E-state index contributed by atoms with van der Waals surface area (Å²) in [5.41, 5.74) is 1.33. The summed E-state index contributed by atoms with van der Waals surface area (Å²) in [6.45, 7) is 5.70. The van der Waals surface area contributed by atoms with E-state index in [1.807, 2.05) is 25.2 Å². The van der Waals surface area contributed by atoms with E-state index in [0.717, 1.165) is 19.6 Å². The second-order valence-electron chi connectivity index (χ2n) is 4.07. The lowest BCUT2D eigenvalue weighted by Crippen LogP contribution is -2.40. The van der Waals surface area contributed by atoms with Gasteiger partial charge in [0.15, 0.2) is 0 Å². The first kappa shape index (κ1) is 13.2. The van der Waals surface area contributed by atoms with Crippen LogP contribution in [-0.2, 0) is 6.54 Å². The van der Waals surface area contributed by atoms with E-state index in [4.69, 9.17) is 0 Å². The van der Waals surface area contributed by atoms with E-state index in [1.54, 1.807) is 0 Å². The van der Waals surface area contributed by atoms with Gasteiger partial charge in [0, 0.05) is 32.7 Å². The second-order valence-corrected chi connectivity index (χ2v) is 4.07. The molecule has 3 heteroatoms. The minimum absolute atomic E-state index is 0.959. The van der Waals surface area contributed by atoms with Crippen molar-refractivity contribution < 1.29 is 0 Å². The third-order valence-electron chi connectivity index (χ3n) is 2.56. The summed E-state index contributed by atoms with van der Waals surface area (Å²) in [6.07, 6.45) is 0. The summed E-state index contributed by atoms with van der Waals surface area (Å²) in [4.78, 5) is 2.33. The van der Waals surface area contributed by atoms with Crippen molar-refractivity contribution in [2.45, 2.75) is 6.54 Å². The quantitative estimate of drug-likeness (QED) is 0.778. The fraction of sp³-hybridized carbons (Fsp3) is 0.538. The molecule has 3 nitrogen and oxygen atoms in total. The van der Waals surface area contributed by atoms with E-state index in [-0.39, 0.29) is 0 Å². The van der Waals surface area contributed by atoms with Gasteiger partial charge in [0.2, 0.25) is 0 Å². The molecule has 0 saturated carbocycles. The van der Waals surface area contributed by atoms with Crippen molar-refractivity contribution in [1.29, 1.82) is 0 Å². The van der Waals surface area contributed by atoms with Crippen LogP contribution in [0.15, 0.2) is 30.3 Å². The Balaban J connectivity index is 0.000000165. The van der Waals surface area contributed by atoms with Crippen LogP contribution in [0.1, 0.15) is 5.56 Å². The van der Waals surface area contributed by atoms with Crippen LogP contribution in [0.25, 0.3) is 0 Å². The average molecular weight is 221 g/mol. The zero-order chi connectivity index (χ0) is 11.6. The van der Waals surface area contributed by atoms with Gasteiger partial charge in [-0.2, -0.15) is 0 Å². The molecule has 1 aliphatic heterocycles. The molecule has 1 fully saturated rings. The average Bonchev–Trinajstić information content (AvgIpc) is 2.33. The molecule has 0 aromatic heterocycles. The maximum Gasteiger partial charge on any atom is 0.0202 e. The van der Waals surface area contributed by atoms with E-state index in [0.29, 0.717) is 0 Å². The van der Waals surface area contributed by atoms with Gasteiger partial charge < -0.3 is 15.5 Å². The largest absolute Gasteiger partial charge is 0.316 e. The first-order valence-electron chi connectivity index (χ1n) is 5.90. The normalized spacial score (nSPS) is 16.4. The molecule has 0 aliphatic carbocycles. The third-order valence-corrected chi connectivity index (χ3v) is 2.56. The summed E-state index contributed by atoms with van der Waals surface area (Å²) in [6, 6.07) is 10.3. The predicted octanol–water partition coefficient (Wildman–Crippen LogP) is 0.927. The van der Waals surface area contributed by atoms with Crippen LogP contribution in [0.4, 0.5) is 0 Å². The van der Waals surface area contributed by atoms with Crippen LogP contribution in [0.5, 0.6) is 0 Å². The Morgan fingerprint density at radius 1 is 1.19 bits per heavy atom. The zero-order valence-electron chi connectivity index (χ0n) is 10.4. The maximum absolute atomic E-state index is 3.27. The minimum Gasteiger partial charge on any atom is -0.316 e. The highest BCUT2D eigenvalue weighted by molar-refractivity contribution is 5.13. The lowest BCUT2D eigenvalue weighted by Gasteiger charge is -2.21. The van der Waals surface area contributed by atoms with Crippen LogP contribution in [0, 0.1) is 0 Å². The number of piperazine rings is 1. The molecule has 90 valence electrons. The highest BCUT2D eigenvalue weighted by atomic mass is 15.2. The summed E-state index contributed by atoms with van der Waals surface area (Å²) < 4.78 is 0. The van der Waals surface area contributed by atoms with Gasteiger partial charge >= 0.3 is 0 Å². The molecule has 0 radical (unpaired) electrons. The molecule has 1 heterocycles. The van der Waals surface area contributed by atoms with E-state index >= 15 is 0 Å². The molecule has 2 rings (SSSR count). The number of nitrogens with one attached hydrogen (secondary N) is 2. The standard InChI is InChI=1S/C8H11N.C5H12N2/c1-9-7-8-5-3-2-4-6-8;1-7-4-2-6-3-5-7/h2-6,9H,7H2,1H3;6H,2-5H2,1H3. The van der Waals surface area contributed by atoms with Gasteiger partial charge in [-0.05, 0) is 19.7 Å². The first-order valence-corrected chi connectivity index (χ1v) is 5.90. The van der Waals surface area contributed by atoms with Crippen LogP contribution >= 0.6 is 0 Å². The molecule has 1 saturated heterocycles. The Bertz CT molecular complexity index is 255. The molecule has 1 aliphatic rings. The molecular weight excluding hydrogens is 198 g/mol. The van der Waals surface area contributed by atoms with Gasteiger partial charge in [-0.15, -0.1) is 0 Å². The molecule has 0 unspecified atom stereocenters. The molecule has 1 aromatic rings. The van der Waals surface area contributed by atoms with Gasteiger partial charge in [0.25, 0.3) is 0 Å². The lowest BCUT2D eigenvalue weighted by molar-refractivity contribution is 0.291. The van der Waals surface area contributed by atoms with Crippen molar-refractivity contribution in [3.63, 3.8) is 0 Å². The van der Waals surface area contributed by atoms with Gasteiger partial charge in [-0.3, -0.25) is 0 Å². The lowest BCUT2D eigenvalue weighted by atomic mass is 10.2. The molecule has 16 heavy (non-hydrogen) atoms. The molecule has 0 amide bonds. The number of rotatable bonds is 2. The fourth-order valence-corrected chi connectivity index (χ4v) is 1.58. The Morgan fingerprint density at radius 2 is 1.81 bits per heavy atom. The van der Waals surface area contributed by atoms with Crippen molar-refractivity contribution in [3.05, 3.63) is 35.9 Å². The minimum atomic E-state index is 0.959. The number of hydrogen-bond donors (Lipinski definition) is 2. The summed E-state index contributed by atoms with van der Waals surface area (Å²) >= 11 is 0. The Morgan fingerprint density at radius 3 is 2.25 bits per heavy atom. The Labute approximate surface area is 98.8 Å². The van der Waals surface area contributed by atoms with E-state index < -0.39 is 0 Å². The van der Waals surface area contributed by atoms with Crippen molar-refractivity contribution in [2.24, 2.45) is 0 Å². The van der Waals surface area contributed by atoms with Crippen LogP contribution in [0.3, 0.4) is 0 Å². The van der Waals surface area contributed by atoms with Gasteiger partial charge in [0.05, 0.1) is 0 Å². The predicted molar refractivity (Wildman–Crippen MR) is 69.6 cm³/mol. The van der Waals surface area contributed by atoms with Gasteiger partial charge in [-0.25, -0.2) is 0 Å². The topological polar surface area (TPSA) is 27.3 Å². The fourth-order valence-electron chi connectivity index (χ4n) is 1.58. The molecule has 2 N–H and O–H groups in total. The number of nitrogens with zero attached hydrogens (tertiary/aromatic N) is 1. The van der Waals surface area contributed by atoms with Crippen LogP contribution in [-0.4, -0.2) is 45.2 Å². The zero-order valence-corrected chi connectivity index (χ0v) is 10.4. The van der Waals surface area contributed by atoms with Crippen LogP contribution in [0.2, 0.25) is 0 Å². The molecular formula is C13H23N3. The van der Waals surface area contributed by atoms with Crippen molar-refractivity contribution in [1.82, 2.24) is 15.5 Å². The summed E-state index contributed by atoms with van der Waals surface area (Å²) in [7, 11) is 4.11. The van der Waals surface area contributed by atoms with E-state index in [1.165, 1.54) is 18.7 Å². The number of likely N-dealkylation sites (N-methyl/N-ethyl adjacent to an activating group) is 1. The Kier molecular flexibility index (Phi) is 6.81. The highest BCUT2D eigenvalue weighted by Gasteiger charge is 2.01. The SMILES string of the molecule is CN1CCNCC1.CNCc1ccccc1. The van der Waals surface area contributed by atoms with Crippen molar-refractivity contribution in [2.75, 3.05) is 40.3 Å². The number of benzene rings is 1. The number of hydrogen-bond acceptors (Lipinski definition) is 3. The highest BCUT2D eigenvalue weighted by Crippen LogP contribution is 1.95.